The Kier molecular flexibility index (Phi) is 6.39. The molecule has 0 spiro atoms. The molecule has 0 unspecified atom stereocenters. The van der Waals surface area contributed by atoms with Crippen LogP contribution in [0.5, 0.6) is 0 Å². The first kappa shape index (κ1) is 11.9. The molecule has 12 heavy (non-hydrogen) atoms. The van der Waals surface area contributed by atoms with Crippen molar-refractivity contribution in [3.05, 3.63) is 0 Å². The second kappa shape index (κ2) is 6.44. The first-order chi connectivity index (χ1) is 5.54. The summed E-state index contributed by atoms with van der Waals surface area (Å²) in [5.74, 6) is 0. The second-order valence-corrected chi connectivity index (χ2v) is 3.85. The normalized spacial score (nSPS) is 12.0. The molecule has 0 radical (unpaired) electrons. The van der Waals surface area contributed by atoms with Gasteiger partial charge in [-0.2, -0.15) is 0 Å². The van der Waals surface area contributed by atoms with E-state index >= 15 is 0 Å². The third-order valence-electron chi connectivity index (χ3n) is 1.99. The van der Waals surface area contributed by atoms with Gasteiger partial charge in [-0.05, 0) is 41.2 Å². The average molecular weight is 173 g/mol. The van der Waals surface area contributed by atoms with Crippen LogP contribution in [0.3, 0.4) is 0 Å². The largest absolute Gasteiger partial charge is 0.379 e. The highest BCUT2D eigenvalue weighted by atomic mass is 16.5. The van der Waals surface area contributed by atoms with Gasteiger partial charge >= 0.3 is 0 Å². The summed E-state index contributed by atoms with van der Waals surface area (Å²) in [6, 6.07) is 0.643. The summed E-state index contributed by atoms with van der Waals surface area (Å²) in [6.07, 6.45) is 1.50. The lowest BCUT2D eigenvalue weighted by atomic mass is 10.3. The Morgan fingerprint density at radius 2 is 1.75 bits per heavy atom. The van der Waals surface area contributed by atoms with Gasteiger partial charge in [0.25, 0.3) is 0 Å². The Bertz CT molecular complexity index is 102. The van der Waals surface area contributed by atoms with Crippen LogP contribution in [0.25, 0.3) is 0 Å². The first-order valence-electron chi connectivity index (χ1n) is 4.86. The van der Waals surface area contributed by atoms with Gasteiger partial charge in [0.05, 0.1) is 6.10 Å². The minimum Gasteiger partial charge on any atom is -0.379 e. The summed E-state index contributed by atoms with van der Waals surface area (Å²) < 4.78 is 5.45. The van der Waals surface area contributed by atoms with Crippen molar-refractivity contribution in [1.82, 2.24) is 4.90 Å². The quantitative estimate of drug-likeness (QED) is 0.571. The molecule has 0 fully saturated rings. The van der Waals surface area contributed by atoms with Crippen molar-refractivity contribution in [3.8, 4) is 0 Å². The first-order valence-corrected chi connectivity index (χ1v) is 4.86. The highest BCUT2D eigenvalue weighted by Crippen LogP contribution is 1.96. The molecule has 0 bridgehead atoms. The Labute approximate surface area is 76.9 Å². The van der Waals surface area contributed by atoms with E-state index < -0.39 is 0 Å². The number of hydrogen-bond donors (Lipinski definition) is 0. The van der Waals surface area contributed by atoms with Crippen LogP contribution in [0.4, 0.5) is 0 Å². The van der Waals surface area contributed by atoms with Crippen molar-refractivity contribution in [3.63, 3.8) is 0 Å². The van der Waals surface area contributed by atoms with Crippen LogP contribution < -0.4 is 0 Å². The molecule has 0 aliphatic carbocycles. The van der Waals surface area contributed by atoms with Crippen LogP contribution in [0, 0.1) is 0 Å². The monoisotopic (exact) mass is 173 g/mol. The van der Waals surface area contributed by atoms with Gasteiger partial charge in [0.2, 0.25) is 0 Å². The van der Waals surface area contributed by atoms with E-state index in [1.807, 2.05) is 0 Å². The zero-order chi connectivity index (χ0) is 9.56. The van der Waals surface area contributed by atoms with Crippen molar-refractivity contribution in [2.24, 2.45) is 0 Å². The maximum absolute atomic E-state index is 5.45. The molecule has 0 aromatic carbocycles. The molecule has 0 aromatic heterocycles. The third kappa shape index (κ3) is 6.62. The maximum Gasteiger partial charge on any atom is 0.0518 e. The number of nitrogens with zero attached hydrogens (tertiary/aromatic N) is 1. The Morgan fingerprint density at radius 1 is 1.17 bits per heavy atom. The molecule has 0 aliphatic heterocycles. The molecule has 0 aliphatic rings. The second-order valence-electron chi connectivity index (χ2n) is 3.85. The van der Waals surface area contributed by atoms with Crippen LogP contribution in [0.15, 0.2) is 0 Å². The van der Waals surface area contributed by atoms with Gasteiger partial charge in [0.15, 0.2) is 0 Å². The molecule has 0 saturated heterocycles. The van der Waals surface area contributed by atoms with Gasteiger partial charge in [-0.3, -0.25) is 0 Å². The minimum absolute atomic E-state index is 0.370. The predicted octanol–water partition coefficient (Wildman–Crippen LogP) is 2.14. The molecule has 74 valence electrons. The molecule has 2 nitrogen and oxygen atoms in total. The Balaban J connectivity index is 3.20. The van der Waals surface area contributed by atoms with E-state index in [1.54, 1.807) is 0 Å². The molecule has 0 rings (SSSR count). The van der Waals surface area contributed by atoms with Gasteiger partial charge in [0.1, 0.15) is 0 Å². The minimum atomic E-state index is 0.370. The maximum atomic E-state index is 5.45. The molecule has 0 aromatic rings. The van der Waals surface area contributed by atoms with Crippen molar-refractivity contribution >= 4 is 0 Å². The summed E-state index contributed by atoms with van der Waals surface area (Å²) in [6.45, 7) is 10.6. The summed E-state index contributed by atoms with van der Waals surface area (Å²) in [5.41, 5.74) is 0. The highest BCUT2D eigenvalue weighted by molar-refractivity contribution is 4.56. The van der Waals surface area contributed by atoms with E-state index in [-0.39, 0.29) is 0 Å². The van der Waals surface area contributed by atoms with E-state index in [4.69, 9.17) is 4.74 Å². The standard InChI is InChI=1S/C10H23NO/c1-9(2)11(5)7-6-8-12-10(3)4/h9-10H,6-8H2,1-5H3. The van der Waals surface area contributed by atoms with E-state index in [9.17, 15) is 0 Å². The van der Waals surface area contributed by atoms with Gasteiger partial charge in [0, 0.05) is 19.2 Å². The van der Waals surface area contributed by atoms with Crippen LogP contribution in [-0.2, 0) is 4.74 Å². The highest BCUT2D eigenvalue weighted by Gasteiger charge is 2.01. The zero-order valence-electron chi connectivity index (χ0n) is 9.13. The number of rotatable bonds is 6. The molecular formula is C10H23NO. The van der Waals surface area contributed by atoms with Crippen molar-refractivity contribution in [2.75, 3.05) is 20.2 Å². The van der Waals surface area contributed by atoms with Gasteiger partial charge in [-0.25, -0.2) is 0 Å². The van der Waals surface area contributed by atoms with Crippen LogP contribution in [0.1, 0.15) is 34.1 Å². The zero-order valence-corrected chi connectivity index (χ0v) is 9.13. The van der Waals surface area contributed by atoms with Crippen LogP contribution in [0.2, 0.25) is 0 Å². The summed E-state index contributed by atoms with van der Waals surface area (Å²) in [7, 11) is 2.15. The fraction of sp³-hybridized carbons (Fsp3) is 1.00. The van der Waals surface area contributed by atoms with E-state index in [1.165, 1.54) is 0 Å². The van der Waals surface area contributed by atoms with Crippen molar-refractivity contribution < 1.29 is 4.74 Å². The van der Waals surface area contributed by atoms with E-state index in [0.29, 0.717) is 12.1 Å². The summed E-state index contributed by atoms with van der Waals surface area (Å²) in [4.78, 5) is 2.34. The van der Waals surface area contributed by atoms with Gasteiger partial charge in [-0.15, -0.1) is 0 Å². The van der Waals surface area contributed by atoms with Gasteiger partial charge in [-0.1, -0.05) is 0 Å². The lowest BCUT2D eigenvalue weighted by molar-refractivity contribution is 0.0704. The molecule has 0 N–H and O–H groups in total. The van der Waals surface area contributed by atoms with E-state index in [2.05, 4.69) is 39.6 Å². The van der Waals surface area contributed by atoms with E-state index in [0.717, 1.165) is 19.6 Å². The Hall–Kier alpha value is -0.0800. The lowest BCUT2D eigenvalue weighted by Crippen LogP contribution is -2.28. The Morgan fingerprint density at radius 3 is 2.17 bits per heavy atom. The van der Waals surface area contributed by atoms with Crippen LogP contribution >= 0.6 is 0 Å². The SMILES string of the molecule is CC(C)OCCCN(C)C(C)C. The summed E-state index contributed by atoms with van der Waals surface area (Å²) in [5, 5.41) is 0. The molecule has 0 saturated carbocycles. The van der Waals surface area contributed by atoms with Crippen molar-refractivity contribution in [1.29, 1.82) is 0 Å². The molecule has 2 heteroatoms. The number of ether oxygens (including phenoxy) is 1. The lowest BCUT2D eigenvalue weighted by Gasteiger charge is -2.20. The molecule has 0 amide bonds. The smallest absolute Gasteiger partial charge is 0.0518 e. The van der Waals surface area contributed by atoms with Crippen molar-refractivity contribution in [2.45, 2.75) is 46.3 Å². The summed E-state index contributed by atoms with van der Waals surface area (Å²) >= 11 is 0. The number of hydrogen-bond acceptors (Lipinski definition) is 2. The fourth-order valence-electron chi connectivity index (χ4n) is 0.891. The molecular weight excluding hydrogens is 150 g/mol. The fourth-order valence-corrected chi connectivity index (χ4v) is 0.891. The molecule has 0 heterocycles. The predicted molar refractivity (Wildman–Crippen MR) is 53.5 cm³/mol. The molecule has 0 atom stereocenters. The topological polar surface area (TPSA) is 12.5 Å². The average Bonchev–Trinajstić information content (AvgIpc) is 1.97. The third-order valence-corrected chi connectivity index (χ3v) is 1.99. The van der Waals surface area contributed by atoms with Crippen LogP contribution in [-0.4, -0.2) is 37.2 Å². The van der Waals surface area contributed by atoms with Gasteiger partial charge < -0.3 is 9.64 Å².